The molecule has 0 aliphatic heterocycles. The molecule has 1 N–H and O–H groups in total. The van der Waals surface area contributed by atoms with Crippen molar-refractivity contribution in [2.75, 3.05) is 6.54 Å². The van der Waals surface area contributed by atoms with Crippen LogP contribution in [0.25, 0.3) is 5.65 Å². The van der Waals surface area contributed by atoms with Crippen molar-refractivity contribution >= 4 is 11.6 Å². The molecule has 0 aromatic carbocycles. The van der Waals surface area contributed by atoms with Gasteiger partial charge in [-0.3, -0.25) is 9.20 Å². The molecule has 0 radical (unpaired) electrons. The van der Waals surface area contributed by atoms with Crippen LogP contribution in [-0.4, -0.2) is 36.6 Å². The smallest absolute Gasteiger partial charge is 0.287 e. The predicted octanol–water partition coefficient (Wildman–Crippen LogP) is 0.825. The highest BCUT2D eigenvalue weighted by Crippen LogP contribution is 2.04. The Labute approximate surface area is 121 Å². The average Bonchev–Trinajstić information content (AvgIpc) is 3.10. The van der Waals surface area contributed by atoms with E-state index in [1.165, 1.54) is 0 Å². The van der Waals surface area contributed by atoms with Gasteiger partial charge in [0.25, 0.3) is 5.91 Å². The van der Waals surface area contributed by atoms with Crippen LogP contribution in [0.1, 0.15) is 22.9 Å². The van der Waals surface area contributed by atoms with Crippen LogP contribution < -0.4 is 5.32 Å². The Hall–Kier alpha value is -2.70. The molecule has 0 fully saturated rings. The number of nitrogens with one attached hydrogen (secondary N) is 1. The number of hydrogen-bond donors (Lipinski definition) is 1. The first kappa shape index (κ1) is 13.3. The fourth-order valence-corrected chi connectivity index (χ4v) is 2.17. The summed E-state index contributed by atoms with van der Waals surface area (Å²) in [4.78, 5) is 15.9. The van der Waals surface area contributed by atoms with E-state index in [0.717, 1.165) is 24.3 Å². The Morgan fingerprint density at radius 1 is 1.29 bits per heavy atom. The van der Waals surface area contributed by atoms with Crippen molar-refractivity contribution in [3.05, 3.63) is 48.4 Å². The molecule has 0 aliphatic rings. The zero-order chi connectivity index (χ0) is 14.7. The summed E-state index contributed by atoms with van der Waals surface area (Å²) >= 11 is 0. The summed E-state index contributed by atoms with van der Waals surface area (Å²) in [6.07, 6.45) is 6.85. The normalized spacial score (nSPS) is 10.9. The number of hydrogen-bond acceptors (Lipinski definition) is 4. The lowest BCUT2D eigenvalue weighted by molar-refractivity contribution is 0.0939. The average molecular weight is 284 g/mol. The SMILES string of the molecule is Cn1ccnc1C(=O)NCCCc1nnc2ccccn12. The van der Waals surface area contributed by atoms with Crippen LogP contribution in [0, 0.1) is 0 Å². The Kier molecular flexibility index (Phi) is 3.63. The van der Waals surface area contributed by atoms with Gasteiger partial charge in [-0.25, -0.2) is 4.98 Å². The Morgan fingerprint density at radius 3 is 3.00 bits per heavy atom. The standard InChI is InChI=1S/C14H16N6O/c1-19-10-8-15-13(19)14(21)16-7-4-6-12-18-17-11-5-2-3-9-20(11)12/h2-3,5,8-10H,4,6-7H2,1H3,(H,16,21). The summed E-state index contributed by atoms with van der Waals surface area (Å²) in [5.74, 6) is 1.16. The lowest BCUT2D eigenvalue weighted by Gasteiger charge is -2.04. The molecule has 0 aliphatic carbocycles. The van der Waals surface area contributed by atoms with Crippen molar-refractivity contribution < 1.29 is 4.79 Å². The number of carbonyl (C=O) groups is 1. The minimum absolute atomic E-state index is 0.159. The highest BCUT2D eigenvalue weighted by atomic mass is 16.2. The molecule has 0 unspecified atom stereocenters. The number of aryl methyl sites for hydroxylation is 2. The van der Waals surface area contributed by atoms with Crippen molar-refractivity contribution in [3.63, 3.8) is 0 Å². The van der Waals surface area contributed by atoms with E-state index in [9.17, 15) is 4.79 Å². The van der Waals surface area contributed by atoms with Crippen LogP contribution in [0.2, 0.25) is 0 Å². The number of nitrogens with zero attached hydrogens (tertiary/aromatic N) is 5. The zero-order valence-electron chi connectivity index (χ0n) is 11.7. The summed E-state index contributed by atoms with van der Waals surface area (Å²) in [6.45, 7) is 0.577. The molecule has 0 saturated heterocycles. The Bertz CT molecular complexity index is 760. The predicted molar refractivity (Wildman–Crippen MR) is 76.8 cm³/mol. The molecule has 3 aromatic heterocycles. The highest BCUT2D eigenvalue weighted by Gasteiger charge is 2.10. The second kappa shape index (κ2) is 5.74. The van der Waals surface area contributed by atoms with E-state index in [1.807, 2.05) is 28.8 Å². The molecule has 3 rings (SSSR count). The molecule has 0 spiro atoms. The number of imidazole rings is 1. The summed E-state index contributed by atoms with van der Waals surface area (Å²) in [7, 11) is 1.80. The highest BCUT2D eigenvalue weighted by molar-refractivity contribution is 5.90. The number of pyridine rings is 1. The van der Waals surface area contributed by atoms with Gasteiger partial charge in [0.1, 0.15) is 5.82 Å². The molecule has 0 saturated carbocycles. The monoisotopic (exact) mass is 284 g/mol. The van der Waals surface area contributed by atoms with Gasteiger partial charge in [-0.1, -0.05) is 6.07 Å². The zero-order valence-corrected chi connectivity index (χ0v) is 11.7. The van der Waals surface area contributed by atoms with Crippen LogP contribution in [0.5, 0.6) is 0 Å². The topological polar surface area (TPSA) is 77.1 Å². The van der Waals surface area contributed by atoms with Gasteiger partial charge in [0, 0.05) is 38.6 Å². The van der Waals surface area contributed by atoms with Crippen molar-refractivity contribution in [2.45, 2.75) is 12.8 Å². The van der Waals surface area contributed by atoms with E-state index >= 15 is 0 Å². The van der Waals surface area contributed by atoms with E-state index in [-0.39, 0.29) is 5.91 Å². The molecule has 108 valence electrons. The maximum atomic E-state index is 11.9. The van der Waals surface area contributed by atoms with Crippen molar-refractivity contribution in [3.8, 4) is 0 Å². The van der Waals surface area contributed by atoms with Crippen LogP contribution in [0.15, 0.2) is 36.8 Å². The van der Waals surface area contributed by atoms with Gasteiger partial charge in [-0.15, -0.1) is 10.2 Å². The van der Waals surface area contributed by atoms with Gasteiger partial charge in [0.15, 0.2) is 11.5 Å². The molecular formula is C14H16N6O. The minimum Gasteiger partial charge on any atom is -0.349 e. The van der Waals surface area contributed by atoms with E-state index in [2.05, 4.69) is 20.5 Å². The molecule has 3 aromatic rings. The fourth-order valence-electron chi connectivity index (χ4n) is 2.17. The van der Waals surface area contributed by atoms with Crippen molar-refractivity contribution in [1.29, 1.82) is 0 Å². The maximum Gasteiger partial charge on any atom is 0.287 e. The summed E-state index contributed by atoms with van der Waals surface area (Å²) < 4.78 is 3.65. The first-order valence-electron chi connectivity index (χ1n) is 6.80. The van der Waals surface area contributed by atoms with Gasteiger partial charge in [-0.2, -0.15) is 0 Å². The third-order valence-corrected chi connectivity index (χ3v) is 3.27. The van der Waals surface area contributed by atoms with Gasteiger partial charge in [0.05, 0.1) is 0 Å². The number of amides is 1. The number of fused-ring (bicyclic) bond motifs is 1. The van der Waals surface area contributed by atoms with Crippen molar-refractivity contribution in [1.82, 2.24) is 29.5 Å². The van der Waals surface area contributed by atoms with E-state index < -0.39 is 0 Å². The molecular weight excluding hydrogens is 268 g/mol. The maximum absolute atomic E-state index is 11.9. The van der Waals surface area contributed by atoms with E-state index in [0.29, 0.717) is 12.4 Å². The van der Waals surface area contributed by atoms with Gasteiger partial charge >= 0.3 is 0 Å². The van der Waals surface area contributed by atoms with Crippen LogP contribution in [0.3, 0.4) is 0 Å². The first-order chi connectivity index (χ1) is 10.3. The molecule has 1 amide bonds. The summed E-state index contributed by atoms with van der Waals surface area (Å²) in [6, 6.07) is 5.79. The second-order valence-electron chi connectivity index (χ2n) is 4.77. The molecule has 3 heterocycles. The van der Waals surface area contributed by atoms with Gasteiger partial charge in [-0.05, 0) is 18.6 Å². The number of carbonyl (C=O) groups excluding carboxylic acids is 1. The second-order valence-corrected chi connectivity index (χ2v) is 4.77. The lowest BCUT2D eigenvalue weighted by Crippen LogP contribution is -2.27. The minimum atomic E-state index is -0.159. The molecule has 7 heteroatoms. The summed E-state index contributed by atoms with van der Waals surface area (Å²) in [5.41, 5.74) is 0.838. The number of rotatable bonds is 5. The Morgan fingerprint density at radius 2 is 2.19 bits per heavy atom. The van der Waals surface area contributed by atoms with Crippen LogP contribution >= 0.6 is 0 Å². The fraction of sp³-hybridized carbons (Fsp3) is 0.286. The van der Waals surface area contributed by atoms with Gasteiger partial charge < -0.3 is 9.88 Å². The van der Waals surface area contributed by atoms with Crippen molar-refractivity contribution in [2.24, 2.45) is 7.05 Å². The van der Waals surface area contributed by atoms with E-state index in [1.54, 1.807) is 24.0 Å². The van der Waals surface area contributed by atoms with Crippen LogP contribution in [0.4, 0.5) is 0 Å². The third kappa shape index (κ3) is 2.76. The molecule has 0 atom stereocenters. The lowest BCUT2D eigenvalue weighted by atomic mass is 10.3. The quantitative estimate of drug-likeness (QED) is 0.704. The number of aromatic nitrogens is 5. The molecule has 0 bridgehead atoms. The first-order valence-corrected chi connectivity index (χ1v) is 6.80. The van der Waals surface area contributed by atoms with E-state index in [4.69, 9.17) is 0 Å². The molecule has 21 heavy (non-hydrogen) atoms. The van der Waals surface area contributed by atoms with Crippen LogP contribution in [-0.2, 0) is 13.5 Å². The molecule has 7 nitrogen and oxygen atoms in total. The summed E-state index contributed by atoms with van der Waals surface area (Å²) in [5, 5.41) is 11.1. The van der Waals surface area contributed by atoms with Gasteiger partial charge in [0.2, 0.25) is 0 Å². The third-order valence-electron chi connectivity index (χ3n) is 3.27. The Balaban J connectivity index is 1.53. The largest absolute Gasteiger partial charge is 0.349 e.